The van der Waals surface area contributed by atoms with Crippen molar-refractivity contribution in [2.24, 2.45) is 17.4 Å². The second-order valence-electron chi connectivity index (χ2n) is 6.39. The summed E-state index contributed by atoms with van der Waals surface area (Å²) >= 11 is 0. The molecule has 1 aromatic heterocycles. The number of fused-ring (bicyclic) bond motifs is 1. The Morgan fingerprint density at radius 3 is 2.70 bits per heavy atom. The zero-order chi connectivity index (χ0) is 16.0. The second-order valence-corrected chi connectivity index (χ2v) is 6.39. The summed E-state index contributed by atoms with van der Waals surface area (Å²) in [5.74, 6) is 1.34. The van der Waals surface area contributed by atoms with Crippen molar-refractivity contribution in [3.63, 3.8) is 0 Å². The van der Waals surface area contributed by atoms with Crippen molar-refractivity contribution in [1.82, 2.24) is 9.55 Å². The summed E-state index contributed by atoms with van der Waals surface area (Å²) in [5, 5.41) is 9.15. The number of aromatic nitrogens is 2. The van der Waals surface area contributed by atoms with Gasteiger partial charge in [-0.1, -0.05) is 0 Å². The molecule has 0 spiro atoms. The summed E-state index contributed by atoms with van der Waals surface area (Å²) in [6.45, 7) is 0. The van der Waals surface area contributed by atoms with Crippen LogP contribution in [0.1, 0.15) is 43.1 Å². The number of benzene rings is 1. The van der Waals surface area contributed by atoms with Gasteiger partial charge >= 0.3 is 0 Å². The molecule has 4 N–H and O–H groups in total. The maximum Gasteiger partial charge on any atom is 0.142 e. The lowest BCUT2D eigenvalue weighted by Gasteiger charge is -2.09. The van der Waals surface area contributed by atoms with Crippen LogP contribution in [-0.2, 0) is 0 Å². The van der Waals surface area contributed by atoms with Gasteiger partial charge in [-0.3, -0.25) is 0 Å². The Bertz CT molecular complexity index is 873. The molecule has 2 aliphatic rings. The van der Waals surface area contributed by atoms with Gasteiger partial charge in [0.1, 0.15) is 5.82 Å². The molecule has 0 radical (unpaired) electrons. The highest BCUT2D eigenvalue weighted by Crippen LogP contribution is 2.41. The molecule has 1 aromatic carbocycles. The van der Waals surface area contributed by atoms with E-state index in [-0.39, 0.29) is 0 Å². The van der Waals surface area contributed by atoms with Gasteiger partial charge in [-0.15, -0.1) is 0 Å². The van der Waals surface area contributed by atoms with Crippen LogP contribution in [0.3, 0.4) is 0 Å². The molecule has 2 fully saturated rings. The number of rotatable bonds is 4. The first kappa shape index (κ1) is 13.9. The van der Waals surface area contributed by atoms with Crippen LogP contribution in [0.25, 0.3) is 16.6 Å². The van der Waals surface area contributed by atoms with E-state index in [1.54, 1.807) is 12.3 Å². The van der Waals surface area contributed by atoms with Crippen molar-refractivity contribution in [2.45, 2.75) is 31.7 Å². The number of nitriles is 1. The molecule has 0 atom stereocenters. The van der Waals surface area contributed by atoms with E-state index in [0.717, 1.165) is 53.8 Å². The van der Waals surface area contributed by atoms with Crippen molar-refractivity contribution in [3.8, 4) is 6.07 Å². The van der Waals surface area contributed by atoms with Crippen LogP contribution in [0.2, 0.25) is 0 Å². The minimum absolute atomic E-state index is 0.439. The Balaban J connectivity index is 1.87. The van der Waals surface area contributed by atoms with Gasteiger partial charge in [0.15, 0.2) is 0 Å². The molecular weight excluding hydrogens is 286 g/mol. The molecule has 5 nitrogen and oxygen atoms in total. The summed E-state index contributed by atoms with van der Waals surface area (Å²) in [7, 11) is 0. The average molecular weight is 305 g/mol. The maximum absolute atomic E-state index is 9.15. The third-order valence-electron chi connectivity index (χ3n) is 4.54. The largest absolute Gasteiger partial charge is 0.404 e. The standard InChI is InChI=1S/C18H19N5/c19-9-11-1-6-16-17(7-11)23(14-4-5-14)18(22-16)13(10-20)8-15(21)12-2-3-12/h1,6-8,10,12,14H,2-5,20-21H2/b13-10+,15-8-. The smallest absolute Gasteiger partial charge is 0.142 e. The van der Waals surface area contributed by atoms with Crippen molar-refractivity contribution < 1.29 is 0 Å². The summed E-state index contributed by atoms with van der Waals surface area (Å²) in [4.78, 5) is 4.76. The molecule has 4 rings (SSSR count). The predicted octanol–water partition coefficient (Wildman–Crippen LogP) is 2.80. The first-order valence-corrected chi connectivity index (χ1v) is 8.02. The normalized spacial score (nSPS) is 19.1. The van der Waals surface area contributed by atoms with E-state index in [0.29, 0.717) is 17.5 Å². The predicted molar refractivity (Wildman–Crippen MR) is 89.9 cm³/mol. The van der Waals surface area contributed by atoms with Gasteiger partial charge in [0.25, 0.3) is 0 Å². The Morgan fingerprint density at radius 1 is 1.30 bits per heavy atom. The zero-order valence-electron chi connectivity index (χ0n) is 12.9. The van der Waals surface area contributed by atoms with E-state index in [9.17, 15) is 0 Å². The Morgan fingerprint density at radius 2 is 2.09 bits per heavy atom. The van der Waals surface area contributed by atoms with Crippen LogP contribution in [0.15, 0.2) is 36.2 Å². The molecule has 0 saturated heterocycles. The van der Waals surface area contributed by atoms with E-state index < -0.39 is 0 Å². The van der Waals surface area contributed by atoms with Crippen LogP contribution in [0.4, 0.5) is 0 Å². The number of imidazole rings is 1. The van der Waals surface area contributed by atoms with Gasteiger partial charge in [-0.25, -0.2) is 4.98 Å². The zero-order valence-corrected chi connectivity index (χ0v) is 12.9. The van der Waals surface area contributed by atoms with Gasteiger partial charge in [0.05, 0.1) is 22.7 Å². The highest BCUT2D eigenvalue weighted by molar-refractivity contribution is 5.83. The highest BCUT2D eigenvalue weighted by Gasteiger charge is 2.30. The van der Waals surface area contributed by atoms with Gasteiger partial charge in [-0.05, 0) is 55.9 Å². The fraction of sp³-hybridized carbons (Fsp3) is 0.333. The van der Waals surface area contributed by atoms with Gasteiger partial charge < -0.3 is 16.0 Å². The number of nitrogens with two attached hydrogens (primary N) is 2. The topological polar surface area (TPSA) is 93.7 Å². The molecule has 0 bridgehead atoms. The summed E-state index contributed by atoms with van der Waals surface area (Å²) in [6, 6.07) is 8.25. The number of nitrogens with zero attached hydrogens (tertiary/aromatic N) is 3. The average Bonchev–Trinajstić information content (AvgIpc) is 3.47. The first-order chi connectivity index (χ1) is 11.2. The fourth-order valence-electron chi connectivity index (χ4n) is 2.97. The molecule has 2 aromatic rings. The van der Waals surface area contributed by atoms with Gasteiger partial charge in [0.2, 0.25) is 0 Å². The Hall–Kier alpha value is -2.74. The monoisotopic (exact) mass is 305 g/mol. The van der Waals surface area contributed by atoms with Crippen LogP contribution in [0, 0.1) is 17.2 Å². The lowest BCUT2D eigenvalue weighted by atomic mass is 10.2. The fourth-order valence-corrected chi connectivity index (χ4v) is 2.97. The number of hydrogen-bond acceptors (Lipinski definition) is 4. The highest BCUT2D eigenvalue weighted by atomic mass is 15.1. The van der Waals surface area contributed by atoms with Crippen LogP contribution < -0.4 is 11.5 Å². The quantitative estimate of drug-likeness (QED) is 0.849. The molecule has 116 valence electrons. The summed E-state index contributed by atoms with van der Waals surface area (Å²) < 4.78 is 2.21. The molecule has 0 amide bonds. The number of hydrogen-bond donors (Lipinski definition) is 2. The molecule has 0 aliphatic heterocycles. The second kappa shape index (κ2) is 5.17. The van der Waals surface area contributed by atoms with Crippen molar-refractivity contribution in [1.29, 1.82) is 5.26 Å². The van der Waals surface area contributed by atoms with E-state index in [2.05, 4.69) is 10.6 Å². The van der Waals surface area contributed by atoms with Crippen LogP contribution in [0.5, 0.6) is 0 Å². The lowest BCUT2D eigenvalue weighted by molar-refractivity contribution is 0.753. The van der Waals surface area contributed by atoms with Crippen molar-refractivity contribution in [3.05, 3.63) is 47.6 Å². The Kier molecular flexibility index (Phi) is 3.12. The molecule has 2 aliphatic carbocycles. The Labute approximate surface area is 134 Å². The molecule has 0 unspecified atom stereocenters. The van der Waals surface area contributed by atoms with E-state index >= 15 is 0 Å². The van der Waals surface area contributed by atoms with E-state index in [4.69, 9.17) is 21.7 Å². The van der Waals surface area contributed by atoms with Crippen molar-refractivity contribution in [2.75, 3.05) is 0 Å². The molecule has 23 heavy (non-hydrogen) atoms. The molecule has 5 heteroatoms. The SMILES string of the molecule is N#Cc1ccc2nc(C(/C=C(\N)C3CC3)=C/N)n(C3CC3)c2c1. The molecular formula is C18H19N5. The maximum atomic E-state index is 9.15. The third kappa shape index (κ3) is 2.46. The minimum Gasteiger partial charge on any atom is -0.404 e. The van der Waals surface area contributed by atoms with E-state index in [1.165, 1.54) is 0 Å². The van der Waals surface area contributed by atoms with Gasteiger partial charge in [0, 0.05) is 23.5 Å². The first-order valence-electron chi connectivity index (χ1n) is 8.02. The third-order valence-corrected chi connectivity index (χ3v) is 4.54. The minimum atomic E-state index is 0.439. The number of allylic oxidation sites excluding steroid dienone is 3. The van der Waals surface area contributed by atoms with Gasteiger partial charge in [-0.2, -0.15) is 5.26 Å². The summed E-state index contributed by atoms with van der Waals surface area (Å²) in [5.41, 5.74) is 16.3. The molecule has 1 heterocycles. The summed E-state index contributed by atoms with van der Waals surface area (Å²) in [6.07, 6.45) is 8.13. The van der Waals surface area contributed by atoms with Crippen LogP contribution in [-0.4, -0.2) is 9.55 Å². The van der Waals surface area contributed by atoms with Crippen molar-refractivity contribution >= 4 is 16.6 Å². The van der Waals surface area contributed by atoms with E-state index in [1.807, 2.05) is 18.2 Å². The molecule has 2 saturated carbocycles. The lowest BCUT2D eigenvalue weighted by Crippen LogP contribution is -2.05. The van der Waals surface area contributed by atoms with Crippen LogP contribution >= 0.6 is 0 Å².